The summed E-state index contributed by atoms with van der Waals surface area (Å²) >= 11 is 0. The van der Waals surface area contributed by atoms with Gasteiger partial charge in [-0.05, 0) is 31.1 Å². The van der Waals surface area contributed by atoms with Crippen molar-refractivity contribution in [2.75, 3.05) is 31.6 Å². The van der Waals surface area contributed by atoms with Gasteiger partial charge in [-0.2, -0.15) is 0 Å². The number of fused-ring (bicyclic) bond motifs is 2. The minimum absolute atomic E-state index is 0.263. The van der Waals surface area contributed by atoms with E-state index in [1.165, 1.54) is 5.56 Å². The molecule has 0 aromatic heterocycles. The molecule has 2 aliphatic heterocycles. The van der Waals surface area contributed by atoms with Crippen molar-refractivity contribution in [3.05, 3.63) is 29.8 Å². The van der Waals surface area contributed by atoms with Gasteiger partial charge in [0, 0.05) is 19.3 Å². The lowest BCUT2D eigenvalue weighted by molar-refractivity contribution is -0.122. The molecule has 1 atom stereocenters. The smallest absolute Gasteiger partial charge is 0.238 e. The minimum atomic E-state index is -0.263. The summed E-state index contributed by atoms with van der Waals surface area (Å²) in [7, 11) is 1.89. The van der Waals surface area contributed by atoms with Crippen LogP contribution in [0.1, 0.15) is 18.9 Å². The van der Waals surface area contributed by atoms with E-state index in [-0.39, 0.29) is 11.3 Å². The van der Waals surface area contributed by atoms with Gasteiger partial charge in [0.15, 0.2) is 0 Å². The second kappa shape index (κ2) is 3.57. The van der Waals surface area contributed by atoms with Crippen molar-refractivity contribution in [2.24, 2.45) is 0 Å². The minimum Gasteiger partial charge on any atom is -0.314 e. The van der Waals surface area contributed by atoms with Crippen LogP contribution < -0.4 is 4.90 Å². The summed E-state index contributed by atoms with van der Waals surface area (Å²) in [5.41, 5.74) is 2.06. The van der Waals surface area contributed by atoms with E-state index in [2.05, 4.69) is 24.0 Å². The Bertz CT molecular complexity index is 471. The van der Waals surface area contributed by atoms with Gasteiger partial charge in [-0.1, -0.05) is 25.1 Å². The van der Waals surface area contributed by atoms with E-state index >= 15 is 0 Å². The van der Waals surface area contributed by atoms with Crippen molar-refractivity contribution >= 4 is 11.6 Å². The zero-order chi connectivity index (χ0) is 12.0. The molecule has 3 nitrogen and oxygen atoms in total. The first kappa shape index (κ1) is 10.8. The van der Waals surface area contributed by atoms with E-state index in [4.69, 9.17) is 0 Å². The summed E-state index contributed by atoms with van der Waals surface area (Å²) in [6.45, 7) is 5.10. The number of likely N-dealkylation sites (N-methyl/N-ethyl adjacent to an activating group) is 2. The maximum absolute atomic E-state index is 12.5. The van der Waals surface area contributed by atoms with Crippen molar-refractivity contribution in [3.8, 4) is 0 Å². The lowest BCUT2D eigenvalue weighted by Gasteiger charge is -2.22. The zero-order valence-corrected chi connectivity index (χ0v) is 10.4. The molecule has 1 aromatic carbocycles. The predicted molar refractivity (Wildman–Crippen MR) is 68.3 cm³/mol. The highest BCUT2D eigenvalue weighted by Gasteiger charge is 2.52. The van der Waals surface area contributed by atoms with Crippen molar-refractivity contribution in [2.45, 2.75) is 18.8 Å². The molecule has 0 aliphatic carbocycles. The lowest BCUT2D eigenvalue weighted by atomic mass is 9.81. The first-order valence-electron chi connectivity index (χ1n) is 6.29. The van der Waals surface area contributed by atoms with E-state index < -0.39 is 0 Å². The number of para-hydroxylation sites is 1. The van der Waals surface area contributed by atoms with Crippen molar-refractivity contribution in [3.63, 3.8) is 0 Å². The summed E-state index contributed by atoms with van der Waals surface area (Å²) in [6, 6.07) is 8.22. The molecule has 3 heteroatoms. The first-order chi connectivity index (χ1) is 8.19. The third-order valence-electron chi connectivity index (χ3n) is 4.29. The molecule has 1 amide bonds. The Morgan fingerprint density at radius 3 is 2.82 bits per heavy atom. The average molecular weight is 230 g/mol. The van der Waals surface area contributed by atoms with Gasteiger partial charge in [0.05, 0.1) is 5.41 Å². The third kappa shape index (κ3) is 1.29. The third-order valence-corrected chi connectivity index (χ3v) is 4.29. The number of benzene rings is 1. The molecular weight excluding hydrogens is 212 g/mol. The molecule has 17 heavy (non-hydrogen) atoms. The molecule has 2 heterocycles. The molecule has 0 bridgehead atoms. The van der Waals surface area contributed by atoms with Gasteiger partial charge in [0.1, 0.15) is 0 Å². The van der Waals surface area contributed by atoms with E-state index in [0.29, 0.717) is 0 Å². The number of hydrogen-bond acceptors (Lipinski definition) is 2. The van der Waals surface area contributed by atoms with Crippen molar-refractivity contribution < 1.29 is 4.79 Å². The zero-order valence-electron chi connectivity index (χ0n) is 10.4. The molecule has 1 spiro atoms. The van der Waals surface area contributed by atoms with Crippen LogP contribution in [0.4, 0.5) is 5.69 Å². The fourth-order valence-electron chi connectivity index (χ4n) is 3.27. The van der Waals surface area contributed by atoms with Crippen LogP contribution in [0.25, 0.3) is 0 Å². The summed E-state index contributed by atoms with van der Waals surface area (Å²) in [4.78, 5) is 16.7. The summed E-state index contributed by atoms with van der Waals surface area (Å²) in [5.74, 6) is 0.273. The number of nitrogens with zero attached hydrogens (tertiary/aromatic N) is 2. The van der Waals surface area contributed by atoms with Crippen LogP contribution in [0.5, 0.6) is 0 Å². The second-order valence-corrected chi connectivity index (χ2v) is 5.08. The SMILES string of the molecule is CCN1CCC2(C1)C(=O)N(C)c1ccccc12. The highest BCUT2D eigenvalue weighted by molar-refractivity contribution is 6.08. The number of hydrogen-bond donors (Lipinski definition) is 0. The molecule has 1 fully saturated rings. The molecule has 1 saturated heterocycles. The monoisotopic (exact) mass is 230 g/mol. The summed E-state index contributed by atoms with van der Waals surface area (Å²) in [6.07, 6.45) is 0.959. The normalized spacial score (nSPS) is 28.1. The molecule has 0 radical (unpaired) electrons. The molecular formula is C14H18N2O. The van der Waals surface area contributed by atoms with Crippen LogP contribution >= 0.6 is 0 Å². The average Bonchev–Trinajstić information content (AvgIpc) is 2.89. The fraction of sp³-hybridized carbons (Fsp3) is 0.500. The molecule has 3 rings (SSSR count). The first-order valence-corrected chi connectivity index (χ1v) is 6.29. The van der Waals surface area contributed by atoms with Gasteiger partial charge in [-0.25, -0.2) is 0 Å². The maximum Gasteiger partial charge on any atom is 0.238 e. The largest absolute Gasteiger partial charge is 0.314 e. The van der Waals surface area contributed by atoms with Gasteiger partial charge < -0.3 is 9.80 Å². The number of anilines is 1. The summed E-state index contributed by atoms with van der Waals surface area (Å²) < 4.78 is 0. The van der Waals surface area contributed by atoms with Crippen LogP contribution in [0.3, 0.4) is 0 Å². The number of rotatable bonds is 1. The number of carbonyl (C=O) groups is 1. The van der Waals surface area contributed by atoms with Crippen LogP contribution in [0.2, 0.25) is 0 Å². The van der Waals surface area contributed by atoms with Crippen LogP contribution in [0, 0.1) is 0 Å². The molecule has 1 unspecified atom stereocenters. The predicted octanol–water partition coefficient (Wildman–Crippen LogP) is 1.63. The van der Waals surface area contributed by atoms with E-state index in [9.17, 15) is 4.79 Å². The Kier molecular flexibility index (Phi) is 2.26. The number of likely N-dealkylation sites (tertiary alicyclic amines) is 1. The Labute approximate surface area is 102 Å². The molecule has 1 aromatic rings. The quantitative estimate of drug-likeness (QED) is 0.732. The van der Waals surface area contributed by atoms with Gasteiger partial charge in [-0.15, -0.1) is 0 Å². The molecule has 0 saturated carbocycles. The number of carbonyl (C=O) groups excluding carboxylic acids is 1. The fourth-order valence-corrected chi connectivity index (χ4v) is 3.27. The highest BCUT2D eigenvalue weighted by Crippen LogP contribution is 2.46. The van der Waals surface area contributed by atoms with Crippen LogP contribution in [0.15, 0.2) is 24.3 Å². The highest BCUT2D eigenvalue weighted by atomic mass is 16.2. The van der Waals surface area contributed by atoms with Crippen molar-refractivity contribution in [1.29, 1.82) is 0 Å². The van der Waals surface area contributed by atoms with Crippen LogP contribution in [-0.4, -0.2) is 37.5 Å². The Morgan fingerprint density at radius 1 is 1.35 bits per heavy atom. The van der Waals surface area contributed by atoms with E-state index in [0.717, 1.165) is 31.7 Å². The molecule has 0 N–H and O–H groups in total. The number of amides is 1. The van der Waals surface area contributed by atoms with E-state index in [1.54, 1.807) is 0 Å². The van der Waals surface area contributed by atoms with Gasteiger partial charge >= 0.3 is 0 Å². The Hall–Kier alpha value is -1.35. The van der Waals surface area contributed by atoms with Gasteiger partial charge in [0.2, 0.25) is 5.91 Å². The summed E-state index contributed by atoms with van der Waals surface area (Å²) in [5, 5.41) is 0. The maximum atomic E-state index is 12.5. The molecule has 2 aliphatic rings. The van der Waals surface area contributed by atoms with Crippen LogP contribution in [-0.2, 0) is 10.2 Å². The van der Waals surface area contributed by atoms with Gasteiger partial charge in [-0.3, -0.25) is 4.79 Å². The standard InChI is InChI=1S/C14H18N2O/c1-3-16-9-8-14(10-16)11-6-4-5-7-12(11)15(2)13(14)17/h4-7H,3,8-10H2,1-2H3. The Balaban J connectivity index is 2.10. The lowest BCUT2D eigenvalue weighted by Crippen LogP contribution is -2.40. The second-order valence-electron chi connectivity index (χ2n) is 5.08. The molecule has 90 valence electrons. The van der Waals surface area contributed by atoms with E-state index in [1.807, 2.05) is 24.1 Å². The van der Waals surface area contributed by atoms with Crippen molar-refractivity contribution in [1.82, 2.24) is 4.90 Å². The Morgan fingerprint density at radius 2 is 2.12 bits per heavy atom. The van der Waals surface area contributed by atoms with Gasteiger partial charge in [0.25, 0.3) is 0 Å². The topological polar surface area (TPSA) is 23.6 Å².